The van der Waals surface area contributed by atoms with Crippen LogP contribution in [-0.4, -0.2) is 69.0 Å². The number of aromatic nitrogens is 6. The summed E-state index contributed by atoms with van der Waals surface area (Å²) in [6, 6.07) is 8.03. The molecule has 1 fully saturated rings. The molecule has 0 bridgehead atoms. The molecule has 5 rings (SSSR count). The van der Waals surface area contributed by atoms with Crippen LogP contribution in [0.25, 0.3) is 28.3 Å². The van der Waals surface area contributed by atoms with Gasteiger partial charge in [-0.2, -0.15) is 14.9 Å². The van der Waals surface area contributed by atoms with E-state index in [9.17, 15) is 4.79 Å². The summed E-state index contributed by atoms with van der Waals surface area (Å²) >= 11 is 0. The molecule has 0 unspecified atom stereocenters. The van der Waals surface area contributed by atoms with Crippen LogP contribution < -0.4 is 26.1 Å². The highest BCUT2D eigenvalue weighted by atomic mass is 16.5. The number of rotatable bonds is 5. The quantitative estimate of drug-likeness (QED) is 0.380. The van der Waals surface area contributed by atoms with Crippen molar-refractivity contribution in [2.45, 2.75) is 33.2 Å². The van der Waals surface area contributed by atoms with E-state index in [1.165, 1.54) is 25.0 Å². The zero-order valence-corrected chi connectivity index (χ0v) is 24.1. The van der Waals surface area contributed by atoms with Gasteiger partial charge in [-0.05, 0) is 19.9 Å². The summed E-state index contributed by atoms with van der Waals surface area (Å²) in [6.07, 6.45) is 5.07. The summed E-state index contributed by atoms with van der Waals surface area (Å²) in [4.78, 5) is 21.3. The molecule has 1 aromatic carbocycles. The maximum absolute atomic E-state index is 12.5. The van der Waals surface area contributed by atoms with Crippen LogP contribution in [0.3, 0.4) is 0 Å². The number of hydrogen-bond donors (Lipinski definition) is 2. The smallest absolute Gasteiger partial charge is 0.271 e. The van der Waals surface area contributed by atoms with E-state index in [-0.39, 0.29) is 16.9 Å². The zero-order valence-electron chi connectivity index (χ0n) is 24.1. The molecule has 4 aromatic rings. The van der Waals surface area contributed by atoms with Gasteiger partial charge in [-0.1, -0.05) is 13.8 Å². The SMILES string of the molecule is CC.CC1(C)COCCN1.COc1cc(OC)cc(-n2nc(-c3nc(-c4cnn(C)c4)cnc3N)ccc2=O)c1. The van der Waals surface area contributed by atoms with Crippen molar-refractivity contribution < 1.29 is 14.2 Å². The van der Waals surface area contributed by atoms with Crippen LogP contribution in [0.15, 0.2) is 53.7 Å². The Hall–Kier alpha value is -4.29. The van der Waals surface area contributed by atoms with Crippen LogP contribution in [0.1, 0.15) is 27.7 Å². The van der Waals surface area contributed by atoms with Gasteiger partial charge >= 0.3 is 0 Å². The third-order valence-electron chi connectivity index (χ3n) is 5.74. The second kappa shape index (κ2) is 13.7. The van der Waals surface area contributed by atoms with Crippen molar-refractivity contribution in [3.05, 3.63) is 59.3 Å². The predicted molar refractivity (Wildman–Crippen MR) is 155 cm³/mol. The lowest BCUT2D eigenvalue weighted by Gasteiger charge is -2.30. The summed E-state index contributed by atoms with van der Waals surface area (Å²) in [5, 5.41) is 11.9. The highest BCUT2D eigenvalue weighted by molar-refractivity contribution is 5.70. The van der Waals surface area contributed by atoms with Crippen LogP contribution >= 0.6 is 0 Å². The molecular formula is C28H38N8O4. The van der Waals surface area contributed by atoms with E-state index in [1.54, 1.807) is 41.3 Å². The van der Waals surface area contributed by atoms with Gasteiger partial charge in [-0.3, -0.25) is 9.48 Å². The summed E-state index contributed by atoms with van der Waals surface area (Å²) < 4.78 is 18.7. The molecule has 3 aromatic heterocycles. The largest absolute Gasteiger partial charge is 0.497 e. The van der Waals surface area contributed by atoms with Crippen molar-refractivity contribution in [3.8, 4) is 39.8 Å². The Morgan fingerprint density at radius 3 is 2.27 bits per heavy atom. The average molecular weight is 551 g/mol. The number of methoxy groups -OCH3 is 2. The van der Waals surface area contributed by atoms with Gasteiger partial charge < -0.3 is 25.3 Å². The Bertz CT molecular complexity index is 1430. The number of hydrogen-bond acceptors (Lipinski definition) is 10. The standard InChI is InChI=1S/C20H19N7O3.C6H13NO.C2H6/c1-26-11-12(9-23-26)17-10-22-20(21)19(24-17)16-4-5-18(28)27(25-16)13-6-14(29-2)8-15(7-13)30-3;1-6(2)5-8-4-3-7-6;1-2/h4-11H,1-3H3,(H2,21,22);7H,3-5H2,1-2H3;1-2H3. The molecular weight excluding hydrogens is 512 g/mol. The molecule has 12 nitrogen and oxygen atoms in total. The van der Waals surface area contributed by atoms with Gasteiger partial charge in [-0.15, -0.1) is 0 Å². The molecule has 0 amide bonds. The second-order valence-corrected chi connectivity index (χ2v) is 9.29. The van der Waals surface area contributed by atoms with Crippen LogP contribution in [0.2, 0.25) is 0 Å². The van der Waals surface area contributed by atoms with E-state index in [1.807, 2.05) is 27.1 Å². The molecule has 1 aliphatic rings. The van der Waals surface area contributed by atoms with Crippen molar-refractivity contribution in [2.75, 3.05) is 39.7 Å². The number of nitrogen functional groups attached to an aromatic ring is 1. The minimum Gasteiger partial charge on any atom is -0.497 e. The monoisotopic (exact) mass is 550 g/mol. The fraction of sp³-hybridized carbons (Fsp3) is 0.393. The number of nitrogens with one attached hydrogen (secondary N) is 1. The summed E-state index contributed by atoms with van der Waals surface area (Å²) in [6.45, 7) is 11.0. The molecule has 4 heterocycles. The van der Waals surface area contributed by atoms with Crippen LogP contribution in [0.4, 0.5) is 5.82 Å². The van der Waals surface area contributed by atoms with Gasteiger partial charge in [0.25, 0.3) is 5.56 Å². The Morgan fingerprint density at radius 2 is 1.75 bits per heavy atom. The zero-order chi connectivity index (χ0) is 29.3. The molecule has 1 saturated heterocycles. The van der Waals surface area contributed by atoms with Crippen molar-refractivity contribution in [2.24, 2.45) is 7.05 Å². The molecule has 12 heteroatoms. The number of aryl methyl sites for hydroxylation is 1. The Morgan fingerprint density at radius 1 is 1.05 bits per heavy atom. The van der Waals surface area contributed by atoms with Crippen LogP contribution in [-0.2, 0) is 11.8 Å². The summed E-state index contributed by atoms with van der Waals surface area (Å²) in [5.74, 6) is 1.26. The van der Waals surface area contributed by atoms with Gasteiger partial charge in [-0.25, -0.2) is 9.97 Å². The Balaban J connectivity index is 0.000000376. The minimum absolute atomic E-state index is 0.198. The first-order valence-corrected chi connectivity index (χ1v) is 13.0. The minimum atomic E-state index is -0.330. The number of anilines is 1. The normalized spacial score (nSPS) is 13.8. The van der Waals surface area contributed by atoms with Crippen molar-refractivity contribution >= 4 is 5.82 Å². The molecule has 0 atom stereocenters. The Kier molecular flexibility index (Phi) is 10.3. The number of ether oxygens (including phenoxy) is 3. The molecule has 3 N–H and O–H groups in total. The summed E-state index contributed by atoms with van der Waals surface area (Å²) in [7, 11) is 4.88. The lowest BCUT2D eigenvalue weighted by Crippen LogP contribution is -2.49. The van der Waals surface area contributed by atoms with E-state index in [0.29, 0.717) is 34.3 Å². The topological polar surface area (TPSA) is 144 Å². The van der Waals surface area contributed by atoms with Gasteiger partial charge in [0.05, 0.1) is 51.2 Å². The van der Waals surface area contributed by atoms with E-state index < -0.39 is 0 Å². The summed E-state index contributed by atoms with van der Waals surface area (Å²) in [5.41, 5.74) is 8.56. The van der Waals surface area contributed by atoms with Crippen molar-refractivity contribution in [3.63, 3.8) is 0 Å². The fourth-order valence-electron chi connectivity index (χ4n) is 3.76. The predicted octanol–water partition coefficient (Wildman–Crippen LogP) is 3.10. The van der Waals surface area contributed by atoms with Gasteiger partial charge in [0.15, 0.2) is 5.82 Å². The van der Waals surface area contributed by atoms with E-state index in [0.717, 1.165) is 25.3 Å². The second-order valence-electron chi connectivity index (χ2n) is 9.29. The highest BCUT2D eigenvalue weighted by Crippen LogP contribution is 2.26. The molecule has 0 saturated carbocycles. The molecule has 0 aliphatic carbocycles. The van der Waals surface area contributed by atoms with Gasteiger partial charge in [0.1, 0.15) is 22.9 Å². The fourth-order valence-corrected chi connectivity index (χ4v) is 3.76. The molecule has 214 valence electrons. The third-order valence-corrected chi connectivity index (χ3v) is 5.74. The maximum Gasteiger partial charge on any atom is 0.271 e. The van der Waals surface area contributed by atoms with Crippen LogP contribution in [0, 0.1) is 0 Å². The van der Waals surface area contributed by atoms with Gasteiger partial charge in [0.2, 0.25) is 0 Å². The third kappa shape index (κ3) is 7.64. The lowest BCUT2D eigenvalue weighted by molar-refractivity contribution is 0.0436. The molecule has 0 radical (unpaired) electrons. The van der Waals surface area contributed by atoms with E-state index >= 15 is 0 Å². The number of nitrogens with two attached hydrogens (primary N) is 1. The first-order chi connectivity index (χ1) is 19.2. The first-order valence-electron chi connectivity index (χ1n) is 13.0. The average Bonchev–Trinajstić information content (AvgIpc) is 3.40. The van der Waals surface area contributed by atoms with Crippen LogP contribution in [0.5, 0.6) is 11.5 Å². The maximum atomic E-state index is 12.5. The van der Waals surface area contributed by atoms with E-state index in [2.05, 4.69) is 39.3 Å². The number of nitrogens with zero attached hydrogens (tertiary/aromatic N) is 6. The number of morpholine rings is 1. The number of benzene rings is 1. The van der Waals surface area contributed by atoms with Crippen molar-refractivity contribution in [1.82, 2.24) is 34.8 Å². The molecule has 1 aliphatic heterocycles. The highest BCUT2D eigenvalue weighted by Gasteiger charge is 2.20. The molecule has 0 spiro atoms. The van der Waals surface area contributed by atoms with E-state index in [4.69, 9.17) is 19.9 Å². The molecule has 40 heavy (non-hydrogen) atoms. The first kappa shape index (κ1) is 30.3. The lowest BCUT2D eigenvalue weighted by atomic mass is 10.1. The van der Waals surface area contributed by atoms with Crippen molar-refractivity contribution in [1.29, 1.82) is 0 Å². The van der Waals surface area contributed by atoms with Gasteiger partial charge in [0, 0.05) is 55.2 Å². The Labute approximate surface area is 234 Å².